The first-order chi connectivity index (χ1) is 14.0. The number of hydrogen-bond donors (Lipinski definition) is 1. The Morgan fingerprint density at radius 2 is 1.62 bits per heavy atom. The van der Waals surface area contributed by atoms with Crippen molar-refractivity contribution in [3.63, 3.8) is 0 Å². The molecule has 1 N–H and O–H groups in total. The van der Waals surface area contributed by atoms with Gasteiger partial charge >= 0.3 is 0 Å². The van der Waals surface area contributed by atoms with Crippen molar-refractivity contribution in [2.24, 2.45) is 10.1 Å². The topological polar surface area (TPSA) is 97.0 Å². The molecule has 0 bridgehead atoms. The SMILES string of the molecule is O=C(NN=Cc1ccc(C=Nc2ccc(Cl)cc2)cc1)c1cccc([N+](=O)[O-])c1. The number of aliphatic imine (C=N–C) groups is 1. The van der Waals surface area contributed by atoms with E-state index in [0.29, 0.717) is 5.02 Å². The summed E-state index contributed by atoms with van der Waals surface area (Å²) in [7, 11) is 0. The monoisotopic (exact) mass is 406 g/mol. The van der Waals surface area contributed by atoms with E-state index in [1.165, 1.54) is 30.5 Å². The predicted molar refractivity (Wildman–Crippen MR) is 113 cm³/mol. The average molecular weight is 407 g/mol. The van der Waals surface area contributed by atoms with Crippen LogP contribution in [0.4, 0.5) is 11.4 Å². The van der Waals surface area contributed by atoms with Gasteiger partial charge in [0.25, 0.3) is 11.6 Å². The van der Waals surface area contributed by atoms with Crippen molar-refractivity contribution < 1.29 is 9.72 Å². The second-order valence-corrected chi connectivity index (χ2v) is 6.34. The molecule has 0 atom stereocenters. The van der Waals surface area contributed by atoms with Crippen molar-refractivity contribution in [1.29, 1.82) is 0 Å². The van der Waals surface area contributed by atoms with Crippen LogP contribution >= 0.6 is 11.6 Å². The molecule has 0 spiro atoms. The molecule has 0 heterocycles. The Labute approximate surface area is 171 Å². The number of halogens is 1. The van der Waals surface area contributed by atoms with Crippen LogP contribution in [0.25, 0.3) is 0 Å². The molecule has 0 saturated heterocycles. The van der Waals surface area contributed by atoms with Crippen LogP contribution in [-0.2, 0) is 0 Å². The van der Waals surface area contributed by atoms with Gasteiger partial charge in [-0.05, 0) is 41.5 Å². The predicted octanol–water partition coefficient (Wildman–Crippen LogP) is 4.76. The Kier molecular flexibility index (Phi) is 6.44. The summed E-state index contributed by atoms with van der Waals surface area (Å²) in [5.74, 6) is -0.531. The third kappa shape index (κ3) is 5.82. The van der Waals surface area contributed by atoms with Gasteiger partial charge in [-0.25, -0.2) is 5.43 Å². The lowest BCUT2D eigenvalue weighted by Crippen LogP contribution is -2.17. The van der Waals surface area contributed by atoms with Crippen molar-refractivity contribution >= 4 is 41.3 Å². The fourth-order valence-corrected chi connectivity index (χ4v) is 2.46. The minimum absolute atomic E-state index is 0.155. The Hall–Kier alpha value is -3.84. The van der Waals surface area contributed by atoms with Crippen LogP contribution in [-0.4, -0.2) is 23.3 Å². The van der Waals surface area contributed by atoms with E-state index in [0.717, 1.165) is 16.8 Å². The Bertz CT molecular complexity index is 1080. The van der Waals surface area contributed by atoms with Crippen molar-refractivity contribution in [3.8, 4) is 0 Å². The number of rotatable bonds is 6. The molecule has 0 aliphatic rings. The van der Waals surface area contributed by atoms with E-state index in [1.807, 2.05) is 36.4 Å². The normalized spacial score (nSPS) is 11.1. The number of non-ortho nitro benzene ring substituents is 1. The molecular formula is C21H15ClN4O3. The summed E-state index contributed by atoms with van der Waals surface area (Å²) >= 11 is 5.84. The van der Waals surface area contributed by atoms with E-state index in [-0.39, 0.29) is 11.3 Å². The molecule has 3 rings (SSSR count). The van der Waals surface area contributed by atoms with E-state index in [1.54, 1.807) is 18.3 Å². The van der Waals surface area contributed by atoms with Crippen LogP contribution in [0, 0.1) is 10.1 Å². The lowest BCUT2D eigenvalue weighted by molar-refractivity contribution is -0.384. The number of nitro groups is 1. The summed E-state index contributed by atoms with van der Waals surface area (Å²) in [6.07, 6.45) is 3.21. The second kappa shape index (κ2) is 9.38. The maximum Gasteiger partial charge on any atom is 0.271 e. The highest BCUT2D eigenvalue weighted by molar-refractivity contribution is 6.30. The zero-order valence-corrected chi connectivity index (χ0v) is 15.8. The zero-order valence-electron chi connectivity index (χ0n) is 15.0. The molecule has 3 aromatic carbocycles. The Morgan fingerprint density at radius 1 is 0.966 bits per heavy atom. The minimum Gasteiger partial charge on any atom is -0.267 e. The van der Waals surface area contributed by atoms with Crippen LogP contribution in [0.1, 0.15) is 21.5 Å². The lowest BCUT2D eigenvalue weighted by atomic mass is 10.1. The molecule has 3 aromatic rings. The smallest absolute Gasteiger partial charge is 0.267 e. The van der Waals surface area contributed by atoms with Gasteiger partial charge < -0.3 is 0 Å². The third-order valence-electron chi connectivity index (χ3n) is 3.82. The molecule has 8 heteroatoms. The van der Waals surface area contributed by atoms with Gasteiger partial charge in [0.2, 0.25) is 0 Å². The van der Waals surface area contributed by atoms with Crippen molar-refractivity contribution in [2.45, 2.75) is 0 Å². The Balaban J connectivity index is 1.58. The fourth-order valence-electron chi connectivity index (χ4n) is 2.34. The minimum atomic E-state index is -0.558. The molecule has 29 heavy (non-hydrogen) atoms. The fraction of sp³-hybridized carbons (Fsp3) is 0. The number of amides is 1. The highest BCUT2D eigenvalue weighted by Gasteiger charge is 2.10. The van der Waals surface area contributed by atoms with Gasteiger partial charge in [0, 0.05) is 28.9 Å². The lowest BCUT2D eigenvalue weighted by Gasteiger charge is -2.00. The summed E-state index contributed by atoms with van der Waals surface area (Å²) in [6, 6.07) is 20.0. The van der Waals surface area contributed by atoms with Gasteiger partial charge in [-0.2, -0.15) is 5.10 Å². The van der Waals surface area contributed by atoms with E-state index >= 15 is 0 Å². The van der Waals surface area contributed by atoms with Crippen LogP contribution in [0.2, 0.25) is 5.02 Å². The second-order valence-electron chi connectivity index (χ2n) is 5.91. The first-order valence-corrected chi connectivity index (χ1v) is 8.86. The molecule has 0 saturated carbocycles. The highest BCUT2D eigenvalue weighted by Crippen LogP contribution is 2.16. The van der Waals surface area contributed by atoms with Crippen LogP contribution in [0.15, 0.2) is 82.9 Å². The first kappa shape index (κ1) is 19.9. The van der Waals surface area contributed by atoms with Gasteiger partial charge in [-0.1, -0.05) is 41.9 Å². The summed E-state index contributed by atoms with van der Waals surface area (Å²) in [4.78, 5) is 26.6. The number of nitrogens with zero attached hydrogens (tertiary/aromatic N) is 3. The van der Waals surface area contributed by atoms with Crippen LogP contribution in [0.5, 0.6) is 0 Å². The van der Waals surface area contributed by atoms with Gasteiger partial charge in [0.1, 0.15) is 0 Å². The van der Waals surface area contributed by atoms with Crippen molar-refractivity contribution in [1.82, 2.24) is 5.43 Å². The van der Waals surface area contributed by atoms with Gasteiger partial charge in [0.15, 0.2) is 0 Å². The molecule has 7 nitrogen and oxygen atoms in total. The number of hydrazone groups is 1. The summed E-state index contributed by atoms with van der Waals surface area (Å²) in [5.41, 5.74) is 4.82. The van der Waals surface area contributed by atoms with E-state index < -0.39 is 10.8 Å². The summed E-state index contributed by atoms with van der Waals surface area (Å²) in [5, 5.41) is 15.3. The molecule has 0 aliphatic carbocycles. The standard InChI is InChI=1S/C21H15ClN4O3/c22-18-8-10-19(11-9-18)23-13-15-4-6-16(7-5-15)14-24-25-21(27)17-2-1-3-20(12-17)26(28)29/h1-14H,(H,25,27). The molecule has 144 valence electrons. The molecule has 0 radical (unpaired) electrons. The number of nitrogens with one attached hydrogen (secondary N) is 1. The zero-order chi connectivity index (χ0) is 20.6. The van der Waals surface area contributed by atoms with Crippen LogP contribution in [0.3, 0.4) is 0 Å². The van der Waals surface area contributed by atoms with E-state index in [9.17, 15) is 14.9 Å². The first-order valence-electron chi connectivity index (χ1n) is 8.49. The molecule has 0 aromatic heterocycles. The van der Waals surface area contributed by atoms with E-state index in [2.05, 4.69) is 15.5 Å². The Morgan fingerprint density at radius 3 is 2.28 bits per heavy atom. The van der Waals surface area contributed by atoms with Crippen LogP contribution < -0.4 is 5.43 Å². The van der Waals surface area contributed by atoms with E-state index in [4.69, 9.17) is 11.6 Å². The largest absolute Gasteiger partial charge is 0.271 e. The maximum atomic E-state index is 12.0. The number of carbonyl (C=O) groups excluding carboxylic acids is 1. The molecule has 0 fully saturated rings. The number of nitro benzene ring substituents is 1. The summed E-state index contributed by atoms with van der Waals surface area (Å²) in [6.45, 7) is 0. The number of carbonyl (C=O) groups is 1. The average Bonchev–Trinajstić information content (AvgIpc) is 2.74. The summed E-state index contributed by atoms with van der Waals surface area (Å²) < 4.78 is 0. The number of hydrogen-bond acceptors (Lipinski definition) is 5. The third-order valence-corrected chi connectivity index (χ3v) is 4.08. The quantitative estimate of drug-likeness (QED) is 0.363. The van der Waals surface area contributed by atoms with Gasteiger partial charge in [-0.3, -0.25) is 19.9 Å². The molecular weight excluding hydrogens is 392 g/mol. The molecule has 1 amide bonds. The van der Waals surface area contributed by atoms with Crippen molar-refractivity contribution in [3.05, 3.63) is 105 Å². The maximum absolute atomic E-state index is 12.0. The molecule has 0 aliphatic heterocycles. The van der Waals surface area contributed by atoms with Crippen molar-refractivity contribution in [2.75, 3.05) is 0 Å². The van der Waals surface area contributed by atoms with Gasteiger partial charge in [-0.15, -0.1) is 0 Å². The highest BCUT2D eigenvalue weighted by atomic mass is 35.5. The number of benzene rings is 3. The molecule has 0 unspecified atom stereocenters. The van der Waals surface area contributed by atoms with Gasteiger partial charge in [0.05, 0.1) is 16.8 Å².